The van der Waals surface area contributed by atoms with Crippen molar-refractivity contribution in [3.05, 3.63) is 41.0 Å². The van der Waals surface area contributed by atoms with Crippen LogP contribution in [0.25, 0.3) is 10.4 Å². The number of thiazole rings is 1. The van der Waals surface area contributed by atoms with Crippen LogP contribution in [0.3, 0.4) is 0 Å². The zero-order chi connectivity index (χ0) is 15.5. The van der Waals surface area contributed by atoms with Gasteiger partial charge in [0.05, 0.1) is 28.2 Å². The van der Waals surface area contributed by atoms with Crippen molar-refractivity contribution in [2.24, 2.45) is 0 Å². The highest BCUT2D eigenvalue weighted by molar-refractivity contribution is 7.13. The van der Waals surface area contributed by atoms with E-state index in [9.17, 15) is 9.90 Å². The topological polar surface area (TPSA) is 74.2 Å². The second kappa shape index (κ2) is 9.34. The van der Waals surface area contributed by atoms with Crippen molar-refractivity contribution in [3.8, 4) is 10.4 Å². The van der Waals surface area contributed by atoms with Crippen LogP contribution in [0.1, 0.15) is 17.7 Å². The summed E-state index contributed by atoms with van der Waals surface area (Å²) >= 11 is 1.63. The highest BCUT2D eigenvalue weighted by Crippen LogP contribution is 2.27. The molecule has 3 N–H and O–H groups in total. The lowest BCUT2D eigenvalue weighted by atomic mass is 10.1. The van der Waals surface area contributed by atoms with Crippen molar-refractivity contribution < 1.29 is 9.90 Å². The van der Waals surface area contributed by atoms with E-state index in [1.165, 1.54) is 4.88 Å². The minimum absolute atomic E-state index is 0. The van der Waals surface area contributed by atoms with Crippen LogP contribution in [0, 0.1) is 6.92 Å². The van der Waals surface area contributed by atoms with Gasteiger partial charge in [-0.25, -0.2) is 4.98 Å². The van der Waals surface area contributed by atoms with Crippen LogP contribution >= 0.6 is 36.2 Å². The maximum Gasteiger partial charge on any atom is 0.237 e. The Morgan fingerprint density at radius 1 is 1.38 bits per heavy atom. The van der Waals surface area contributed by atoms with E-state index in [0.29, 0.717) is 19.5 Å². The third-order valence-corrected chi connectivity index (χ3v) is 4.83. The maximum atomic E-state index is 12.0. The van der Waals surface area contributed by atoms with Gasteiger partial charge in [-0.2, -0.15) is 0 Å². The molecular formula is C16H21Cl2N3O2S. The molecule has 2 aromatic rings. The molecule has 24 heavy (non-hydrogen) atoms. The van der Waals surface area contributed by atoms with Gasteiger partial charge in [0.25, 0.3) is 0 Å². The van der Waals surface area contributed by atoms with E-state index in [1.807, 2.05) is 24.6 Å². The van der Waals surface area contributed by atoms with Crippen molar-refractivity contribution in [3.63, 3.8) is 0 Å². The summed E-state index contributed by atoms with van der Waals surface area (Å²) in [6.07, 6.45) is 0.0628. The number of nitrogens with one attached hydrogen (secondary N) is 2. The summed E-state index contributed by atoms with van der Waals surface area (Å²) in [6.45, 7) is 2.99. The first-order chi connectivity index (χ1) is 10.6. The second-order valence-corrected chi connectivity index (χ2v) is 6.39. The van der Waals surface area contributed by atoms with Crippen LogP contribution in [0.2, 0.25) is 0 Å². The third kappa shape index (κ3) is 4.91. The van der Waals surface area contributed by atoms with Crippen LogP contribution in [-0.2, 0) is 11.3 Å². The number of benzene rings is 1. The zero-order valence-electron chi connectivity index (χ0n) is 13.2. The molecule has 1 aromatic heterocycles. The molecular weight excluding hydrogens is 369 g/mol. The number of rotatable bonds is 4. The molecule has 1 saturated heterocycles. The Morgan fingerprint density at radius 2 is 2.08 bits per heavy atom. The molecule has 0 bridgehead atoms. The van der Waals surface area contributed by atoms with Gasteiger partial charge in [-0.05, 0) is 24.5 Å². The molecule has 2 heterocycles. The normalized spacial score (nSPS) is 19.2. The number of aliphatic hydroxyl groups excluding tert-OH is 1. The molecule has 1 amide bonds. The van der Waals surface area contributed by atoms with E-state index in [0.717, 1.165) is 16.8 Å². The lowest BCUT2D eigenvalue weighted by Crippen LogP contribution is -2.39. The number of aromatic nitrogens is 1. The molecule has 2 unspecified atom stereocenters. The highest BCUT2D eigenvalue weighted by atomic mass is 35.5. The van der Waals surface area contributed by atoms with Gasteiger partial charge in [0.15, 0.2) is 0 Å². The first kappa shape index (κ1) is 20.9. The summed E-state index contributed by atoms with van der Waals surface area (Å²) in [7, 11) is 0. The molecule has 0 aliphatic carbocycles. The van der Waals surface area contributed by atoms with Gasteiger partial charge >= 0.3 is 0 Å². The molecule has 1 aliphatic heterocycles. The standard InChI is InChI=1S/C16H19N3O2S.2ClH/c1-10-15(22-9-19-10)12-4-2-11(3-5-12)7-18-16(21)14-6-13(20)8-17-14;;/h2-5,9,13-14,17,20H,6-8H2,1H3,(H,18,21);2*1H. The minimum Gasteiger partial charge on any atom is -0.392 e. The van der Waals surface area contributed by atoms with Gasteiger partial charge < -0.3 is 15.7 Å². The summed E-state index contributed by atoms with van der Waals surface area (Å²) in [5.41, 5.74) is 5.09. The van der Waals surface area contributed by atoms with Crippen molar-refractivity contribution in [2.45, 2.75) is 32.0 Å². The monoisotopic (exact) mass is 389 g/mol. The van der Waals surface area contributed by atoms with Gasteiger partial charge in [0.2, 0.25) is 5.91 Å². The lowest BCUT2D eigenvalue weighted by molar-refractivity contribution is -0.123. The van der Waals surface area contributed by atoms with Crippen LogP contribution in [-0.4, -0.2) is 34.7 Å². The molecule has 1 aromatic carbocycles. The molecule has 0 radical (unpaired) electrons. The average molecular weight is 390 g/mol. The zero-order valence-corrected chi connectivity index (χ0v) is 15.6. The third-order valence-electron chi connectivity index (χ3n) is 3.85. The van der Waals surface area contributed by atoms with Crippen LogP contribution in [0.15, 0.2) is 29.8 Å². The van der Waals surface area contributed by atoms with Crippen LogP contribution in [0.5, 0.6) is 0 Å². The predicted molar refractivity (Wildman–Crippen MR) is 101 cm³/mol. The fraction of sp³-hybridized carbons (Fsp3) is 0.375. The number of carbonyl (C=O) groups is 1. The maximum absolute atomic E-state index is 12.0. The summed E-state index contributed by atoms with van der Waals surface area (Å²) < 4.78 is 0. The molecule has 5 nitrogen and oxygen atoms in total. The number of amides is 1. The fourth-order valence-electron chi connectivity index (χ4n) is 2.58. The van der Waals surface area contributed by atoms with Crippen molar-refractivity contribution in [1.82, 2.24) is 15.6 Å². The van der Waals surface area contributed by atoms with Crippen LogP contribution in [0.4, 0.5) is 0 Å². The summed E-state index contributed by atoms with van der Waals surface area (Å²) in [5.74, 6) is -0.0565. The number of β-amino-alcohol motifs (C(OH)–C–C–N with tert-alkyl or cyclic N) is 1. The number of hydrogen-bond acceptors (Lipinski definition) is 5. The number of nitrogens with zero attached hydrogens (tertiary/aromatic N) is 1. The number of carbonyl (C=O) groups excluding carboxylic acids is 1. The average Bonchev–Trinajstić information content (AvgIpc) is 3.14. The van der Waals surface area contributed by atoms with Gasteiger partial charge in [0.1, 0.15) is 0 Å². The molecule has 0 saturated carbocycles. The van der Waals surface area contributed by atoms with E-state index in [1.54, 1.807) is 11.3 Å². The van der Waals surface area contributed by atoms with Gasteiger partial charge in [-0.15, -0.1) is 36.2 Å². The number of hydrogen-bond donors (Lipinski definition) is 3. The Hall–Kier alpha value is -1.18. The fourth-order valence-corrected chi connectivity index (χ4v) is 3.39. The molecule has 1 aliphatic rings. The predicted octanol–water partition coefficient (Wildman–Crippen LogP) is 2.30. The number of aliphatic hydroxyl groups is 1. The first-order valence-electron chi connectivity index (χ1n) is 7.32. The summed E-state index contributed by atoms with van der Waals surface area (Å²) in [5, 5.41) is 15.3. The van der Waals surface area contributed by atoms with Gasteiger partial charge in [-0.1, -0.05) is 24.3 Å². The largest absolute Gasteiger partial charge is 0.392 e. The van der Waals surface area contributed by atoms with Gasteiger partial charge in [-0.3, -0.25) is 4.79 Å². The molecule has 2 atom stereocenters. The first-order valence-corrected chi connectivity index (χ1v) is 8.20. The van der Waals surface area contributed by atoms with E-state index in [-0.39, 0.29) is 36.8 Å². The Kier molecular flexibility index (Phi) is 8.12. The summed E-state index contributed by atoms with van der Waals surface area (Å²) in [6, 6.07) is 7.87. The van der Waals surface area contributed by atoms with Crippen molar-refractivity contribution >= 4 is 42.1 Å². The second-order valence-electron chi connectivity index (χ2n) is 5.53. The summed E-state index contributed by atoms with van der Waals surface area (Å²) in [4.78, 5) is 17.4. The Morgan fingerprint density at radius 3 is 2.62 bits per heavy atom. The minimum atomic E-state index is -0.419. The SMILES string of the molecule is Cc1ncsc1-c1ccc(CNC(=O)C2CC(O)CN2)cc1.Cl.Cl. The molecule has 3 rings (SSSR count). The quantitative estimate of drug-likeness (QED) is 0.749. The Balaban J connectivity index is 0.00000144. The lowest BCUT2D eigenvalue weighted by Gasteiger charge is -2.11. The molecule has 1 fully saturated rings. The highest BCUT2D eigenvalue weighted by Gasteiger charge is 2.27. The Labute approximate surface area is 157 Å². The number of halogens is 2. The molecule has 8 heteroatoms. The van der Waals surface area contributed by atoms with E-state index < -0.39 is 6.10 Å². The van der Waals surface area contributed by atoms with Gasteiger partial charge in [0, 0.05) is 13.1 Å². The smallest absolute Gasteiger partial charge is 0.237 e. The Bertz CT molecular complexity index is 664. The van der Waals surface area contributed by atoms with E-state index in [4.69, 9.17) is 0 Å². The van der Waals surface area contributed by atoms with Crippen LogP contribution < -0.4 is 10.6 Å². The number of aryl methyl sites for hydroxylation is 1. The van der Waals surface area contributed by atoms with E-state index in [2.05, 4.69) is 27.8 Å². The van der Waals surface area contributed by atoms with E-state index >= 15 is 0 Å². The van der Waals surface area contributed by atoms with Crippen molar-refractivity contribution in [1.29, 1.82) is 0 Å². The van der Waals surface area contributed by atoms with Crippen molar-refractivity contribution in [2.75, 3.05) is 6.54 Å². The molecule has 132 valence electrons. The molecule has 0 spiro atoms.